The topological polar surface area (TPSA) is 80.3 Å². The Morgan fingerprint density at radius 1 is 0.796 bits per heavy atom. The molecule has 9 heteroatoms. The lowest BCUT2D eigenvalue weighted by atomic mass is 9.74. The van der Waals surface area contributed by atoms with E-state index in [9.17, 15) is 9.59 Å². The Bertz CT molecular complexity index is 2010. The van der Waals surface area contributed by atoms with Crippen molar-refractivity contribution in [2.75, 3.05) is 20.3 Å². The van der Waals surface area contributed by atoms with Crippen molar-refractivity contribution in [2.24, 2.45) is 5.41 Å². The zero-order chi connectivity index (χ0) is 38.3. The molecule has 282 valence electrons. The summed E-state index contributed by atoms with van der Waals surface area (Å²) >= 11 is 0. The van der Waals surface area contributed by atoms with E-state index in [-0.39, 0.29) is 54.0 Å². The number of esters is 2. The number of carbonyl (C=O) groups is 2. The largest absolute Gasteiger partial charge is 0.490 e. The SMILES string of the molecule is COC(=O)c1cc(OC2CCC(C)(C(=O)OCc3cccc4ccccc34)CC2)c(F)cc1OCCO[Si](c1ccccc1)(c1ccccc1)C(C)(C)C. The molecular formula is C45H49FO7Si. The molecule has 1 aliphatic rings. The summed E-state index contributed by atoms with van der Waals surface area (Å²) < 4.78 is 45.6. The summed E-state index contributed by atoms with van der Waals surface area (Å²) in [5.41, 5.74) is 0.323. The van der Waals surface area contributed by atoms with Gasteiger partial charge in [-0.15, -0.1) is 0 Å². The van der Waals surface area contributed by atoms with Crippen molar-refractivity contribution < 1.29 is 37.4 Å². The van der Waals surface area contributed by atoms with Gasteiger partial charge in [0.1, 0.15) is 24.5 Å². The molecule has 6 rings (SSSR count). The molecule has 1 saturated carbocycles. The summed E-state index contributed by atoms with van der Waals surface area (Å²) in [6, 6.07) is 37.0. The van der Waals surface area contributed by atoms with Crippen LogP contribution in [0, 0.1) is 11.2 Å². The molecule has 0 aliphatic heterocycles. The number of benzene rings is 5. The maximum absolute atomic E-state index is 15.6. The predicted molar refractivity (Wildman–Crippen MR) is 212 cm³/mol. The fourth-order valence-electron chi connectivity index (χ4n) is 7.59. The maximum atomic E-state index is 15.6. The minimum atomic E-state index is -2.82. The summed E-state index contributed by atoms with van der Waals surface area (Å²) in [6.07, 6.45) is 1.72. The molecule has 0 atom stereocenters. The highest BCUT2D eigenvalue weighted by molar-refractivity contribution is 6.99. The molecule has 1 fully saturated rings. The number of hydrogen-bond donors (Lipinski definition) is 0. The third-order valence-electron chi connectivity index (χ3n) is 10.6. The Hall–Kier alpha value is -4.99. The van der Waals surface area contributed by atoms with Crippen molar-refractivity contribution in [3.05, 3.63) is 132 Å². The minimum Gasteiger partial charge on any atom is -0.490 e. The number of halogens is 1. The molecule has 5 aromatic rings. The van der Waals surface area contributed by atoms with Crippen molar-refractivity contribution in [2.45, 2.75) is 71.1 Å². The van der Waals surface area contributed by atoms with E-state index in [1.165, 1.54) is 19.2 Å². The lowest BCUT2D eigenvalue weighted by Gasteiger charge is -2.43. The zero-order valence-electron chi connectivity index (χ0n) is 31.7. The Morgan fingerprint density at radius 3 is 2.04 bits per heavy atom. The number of methoxy groups -OCH3 is 1. The van der Waals surface area contributed by atoms with Crippen molar-refractivity contribution in [1.29, 1.82) is 0 Å². The Balaban J connectivity index is 1.10. The van der Waals surface area contributed by atoms with E-state index in [0.717, 1.165) is 26.7 Å². The van der Waals surface area contributed by atoms with Crippen LogP contribution in [0.25, 0.3) is 10.8 Å². The van der Waals surface area contributed by atoms with Crippen LogP contribution in [0.15, 0.2) is 115 Å². The molecule has 5 aromatic carbocycles. The number of rotatable bonds is 13. The maximum Gasteiger partial charge on any atom is 0.341 e. The van der Waals surface area contributed by atoms with Gasteiger partial charge in [-0.1, -0.05) is 124 Å². The molecule has 0 bridgehead atoms. The smallest absolute Gasteiger partial charge is 0.341 e. The van der Waals surface area contributed by atoms with Gasteiger partial charge in [0, 0.05) is 12.1 Å². The summed E-state index contributed by atoms with van der Waals surface area (Å²) in [6.45, 7) is 8.96. The van der Waals surface area contributed by atoms with Gasteiger partial charge in [-0.05, 0) is 64.4 Å². The molecule has 0 heterocycles. The first kappa shape index (κ1) is 38.7. The fraction of sp³-hybridized carbons (Fsp3) is 0.333. The second-order valence-electron chi connectivity index (χ2n) is 15.2. The van der Waals surface area contributed by atoms with E-state index in [2.05, 4.69) is 45.0 Å². The van der Waals surface area contributed by atoms with Crippen LogP contribution in [-0.2, 0) is 25.3 Å². The molecule has 0 unspecified atom stereocenters. The van der Waals surface area contributed by atoms with Crippen LogP contribution < -0.4 is 19.8 Å². The molecule has 0 spiro atoms. The molecule has 0 N–H and O–H groups in total. The molecule has 54 heavy (non-hydrogen) atoms. The van der Waals surface area contributed by atoms with Crippen LogP contribution in [0.1, 0.15) is 69.3 Å². The van der Waals surface area contributed by atoms with Crippen molar-refractivity contribution in [1.82, 2.24) is 0 Å². The van der Waals surface area contributed by atoms with Crippen LogP contribution in [0.2, 0.25) is 5.04 Å². The summed E-state index contributed by atoms with van der Waals surface area (Å²) in [7, 11) is -1.55. The van der Waals surface area contributed by atoms with Crippen LogP contribution in [0.5, 0.6) is 11.5 Å². The molecule has 0 saturated heterocycles. The van der Waals surface area contributed by atoms with Gasteiger partial charge in [0.15, 0.2) is 11.6 Å². The van der Waals surface area contributed by atoms with Crippen molar-refractivity contribution >= 4 is 41.4 Å². The quantitative estimate of drug-likeness (QED) is 0.0677. The zero-order valence-corrected chi connectivity index (χ0v) is 32.7. The second-order valence-corrected chi connectivity index (χ2v) is 19.5. The van der Waals surface area contributed by atoms with Gasteiger partial charge in [-0.25, -0.2) is 9.18 Å². The molecule has 0 radical (unpaired) electrons. The van der Waals surface area contributed by atoms with Crippen LogP contribution in [0.4, 0.5) is 4.39 Å². The monoisotopic (exact) mass is 748 g/mol. The lowest BCUT2D eigenvalue weighted by Crippen LogP contribution is -2.66. The molecule has 1 aliphatic carbocycles. The minimum absolute atomic E-state index is 0.0444. The van der Waals surface area contributed by atoms with Gasteiger partial charge in [0.25, 0.3) is 8.32 Å². The summed E-state index contributed by atoms with van der Waals surface area (Å²) in [5.74, 6) is -1.61. The van der Waals surface area contributed by atoms with E-state index >= 15 is 4.39 Å². The highest BCUT2D eigenvalue weighted by Crippen LogP contribution is 2.40. The standard InChI is InChI=1S/C45H49FO7Si/c1-44(2,3)54(35-18-8-6-9-19-35,36-20-10-7-11-21-36)52-28-27-50-40-30-39(46)41(29-38(40)42(47)49-5)53-34-23-25-45(4,26-24-34)43(48)51-31-33-17-14-16-32-15-12-13-22-37(32)33/h6-22,29-30,34H,23-28,31H2,1-5H3. The molecular weight excluding hydrogens is 700 g/mol. The van der Waals surface area contributed by atoms with Gasteiger partial charge in [0.05, 0.1) is 25.2 Å². The number of hydrogen-bond acceptors (Lipinski definition) is 7. The van der Waals surface area contributed by atoms with E-state index < -0.39 is 25.5 Å². The highest BCUT2D eigenvalue weighted by atomic mass is 28.4. The van der Waals surface area contributed by atoms with Crippen LogP contribution in [-0.4, -0.2) is 46.7 Å². The van der Waals surface area contributed by atoms with E-state index in [0.29, 0.717) is 25.7 Å². The van der Waals surface area contributed by atoms with Gasteiger partial charge in [-0.2, -0.15) is 0 Å². The van der Waals surface area contributed by atoms with Gasteiger partial charge in [-0.3, -0.25) is 4.79 Å². The van der Waals surface area contributed by atoms with Gasteiger partial charge >= 0.3 is 11.9 Å². The highest BCUT2D eigenvalue weighted by Gasteiger charge is 2.50. The Morgan fingerprint density at radius 2 is 1.41 bits per heavy atom. The second kappa shape index (κ2) is 16.6. The number of fused-ring (bicyclic) bond motifs is 1. The van der Waals surface area contributed by atoms with Gasteiger partial charge in [0.2, 0.25) is 0 Å². The van der Waals surface area contributed by atoms with Crippen LogP contribution >= 0.6 is 0 Å². The fourth-order valence-corrected chi connectivity index (χ4v) is 12.1. The van der Waals surface area contributed by atoms with E-state index in [1.807, 2.05) is 85.8 Å². The normalized spacial score (nSPS) is 17.5. The van der Waals surface area contributed by atoms with E-state index in [1.54, 1.807) is 0 Å². The summed E-state index contributed by atoms with van der Waals surface area (Å²) in [5, 5.41) is 4.19. The molecule has 0 aromatic heterocycles. The lowest BCUT2D eigenvalue weighted by molar-refractivity contribution is -0.159. The Labute approximate surface area is 318 Å². The summed E-state index contributed by atoms with van der Waals surface area (Å²) in [4.78, 5) is 26.2. The first-order valence-corrected chi connectivity index (χ1v) is 20.5. The predicted octanol–water partition coefficient (Wildman–Crippen LogP) is 8.79. The Kier molecular flexibility index (Phi) is 11.9. The average Bonchev–Trinajstić information content (AvgIpc) is 3.18. The average molecular weight is 749 g/mol. The van der Waals surface area contributed by atoms with Crippen molar-refractivity contribution in [3.63, 3.8) is 0 Å². The molecule has 0 amide bonds. The van der Waals surface area contributed by atoms with E-state index in [4.69, 9.17) is 23.4 Å². The number of carbonyl (C=O) groups excluding carboxylic acids is 2. The third kappa shape index (κ3) is 8.22. The first-order valence-electron chi connectivity index (χ1n) is 18.6. The third-order valence-corrected chi connectivity index (χ3v) is 15.6. The molecule has 7 nitrogen and oxygen atoms in total. The van der Waals surface area contributed by atoms with Crippen molar-refractivity contribution in [3.8, 4) is 11.5 Å². The number of ether oxygens (including phenoxy) is 4. The first-order chi connectivity index (χ1) is 25.9. The van der Waals surface area contributed by atoms with Gasteiger partial charge < -0.3 is 23.4 Å². The van der Waals surface area contributed by atoms with Crippen LogP contribution in [0.3, 0.4) is 0 Å².